The zero-order valence-corrected chi connectivity index (χ0v) is 12.0. The third kappa shape index (κ3) is 2.90. The van der Waals surface area contributed by atoms with Crippen molar-refractivity contribution >= 4 is 23.2 Å². The third-order valence-corrected chi connectivity index (χ3v) is 3.77. The van der Waals surface area contributed by atoms with E-state index >= 15 is 0 Å². The van der Waals surface area contributed by atoms with Gasteiger partial charge in [0.25, 0.3) is 0 Å². The number of rotatable bonds is 2. The molecule has 100 valence electrons. The maximum Gasteiger partial charge on any atom is 0.142 e. The summed E-state index contributed by atoms with van der Waals surface area (Å²) in [6.45, 7) is 3.85. The van der Waals surface area contributed by atoms with E-state index in [-0.39, 0.29) is 10.6 Å². The summed E-state index contributed by atoms with van der Waals surface area (Å²) in [5, 5.41) is -0.988. The molecule has 2 aromatic rings. The molecule has 2 rings (SSSR count). The van der Waals surface area contributed by atoms with Crippen molar-refractivity contribution in [2.24, 2.45) is 0 Å². The highest BCUT2D eigenvalue weighted by atomic mass is 35.5. The van der Waals surface area contributed by atoms with Crippen molar-refractivity contribution in [3.63, 3.8) is 0 Å². The normalized spacial score (nSPS) is 12.5. The number of alkyl halides is 1. The van der Waals surface area contributed by atoms with Gasteiger partial charge in [-0.05, 0) is 37.1 Å². The van der Waals surface area contributed by atoms with E-state index in [0.717, 1.165) is 28.8 Å². The van der Waals surface area contributed by atoms with Crippen LogP contribution in [0.1, 0.15) is 27.6 Å². The van der Waals surface area contributed by atoms with Gasteiger partial charge in [-0.25, -0.2) is 8.78 Å². The number of aryl methyl sites for hydroxylation is 2. The number of hydrogen-bond donors (Lipinski definition) is 0. The monoisotopic (exact) mass is 300 g/mol. The van der Waals surface area contributed by atoms with E-state index in [1.807, 2.05) is 32.0 Å². The molecular weight excluding hydrogens is 289 g/mol. The smallest absolute Gasteiger partial charge is 0.142 e. The van der Waals surface area contributed by atoms with E-state index in [1.165, 1.54) is 0 Å². The Morgan fingerprint density at radius 2 is 1.63 bits per heavy atom. The van der Waals surface area contributed by atoms with Crippen LogP contribution in [0.25, 0.3) is 0 Å². The van der Waals surface area contributed by atoms with Crippen LogP contribution >= 0.6 is 23.2 Å². The van der Waals surface area contributed by atoms with Gasteiger partial charge in [-0.3, -0.25) is 0 Å². The number of halogens is 4. The summed E-state index contributed by atoms with van der Waals surface area (Å²) in [6.07, 6.45) is 0. The minimum absolute atomic E-state index is 0.0931. The first-order valence-electron chi connectivity index (χ1n) is 5.76. The molecule has 0 aliphatic heterocycles. The van der Waals surface area contributed by atoms with Crippen molar-refractivity contribution in [2.75, 3.05) is 0 Å². The topological polar surface area (TPSA) is 0 Å². The first-order chi connectivity index (χ1) is 8.90. The first kappa shape index (κ1) is 14.3. The molecule has 0 saturated heterocycles. The summed E-state index contributed by atoms with van der Waals surface area (Å²) in [4.78, 5) is 0. The molecule has 0 fully saturated rings. The molecule has 0 bridgehead atoms. The van der Waals surface area contributed by atoms with E-state index in [0.29, 0.717) is 0 Å². The minimum Gasteiger partial charge on any atom is -0.207 e. The molecule has 0 spiro atoms. The maximum absolute atomic E-state index is 13.8. The average Bonchev–Trinajstić information content (AvgIpc) is 2.33. The Morgan fingerprint density at radius 1 is 0.947 bits per heavy atom. The fraction of sp³-hybridized carbons (Fsp3) is 0.200. The van der Waals surface area contributed by atoms with E-state index < -0.39 is 17.0 Å². The Balaban J connectivity index is 2.49. The Kier molecular flexibility index (Phi) is 4.12. The minimum atomic E-state index is -0.743. The largest absolute Gasteiger partial charge is 0.207 e. The van der Waals surface area contributed by atoms with Crippen LogP contribution in [0.15, 0.2) is 30.3 Å². The molecule has 2 aromatic carbocycles. The molecular formula is C15H12Cl2F2. The molecule has 4 heteroatoms. The van der Waals surface area contributed by atoms with Gasteiger partial charge in [0.2, 0.25) is 0 Å². The Morgan fingerprint density at radius 3 is 2.26 bits per heavy atom. The summed E-state index contributed by atoms with van der Waals surface area (Å²) in [5.41, 5.74) is 2.88. The second-order valence-electron chi connectivity index (χ2n) is 4.51. The lowest BCUT2D eigenvalue weighted by molar-refractivity contribution is 0.587. The molecule has 0 aliphatic carbocycles. The zero-order valence-electron chi connectivity index (χ0n) is 10.5. The van der Waals surface area contributed by atoms with Crippen LogP contribution in [0.5, 0.6) is 0 Å². The van der Waals surface area contributed by atoms with Crippen molar-refractivity contribution in [1.29, 1.82) is 0 Å². The highest BCUT2D eigenvalue weighted by Crippen LogP contribution is 2.34. The van der Waals surface area contributed by atoms with Crippen LogP contribution in [0.4, 0.5) is 8.78 Å². The van der Waals surface area contributed by atoms with Crippen LogP contribution < -0.4 is 0 Å². The van der Waals surface area contributed by atoms with Gasteiger partial charge in [0.15, 0.2) is 0 Å². The Bertz CT molecular complexity index is 624. The Hall–Kier alpha value is -1.12. The van der Waals surface area contributed by atoms with Gasteiger partial charge in [-0.1, -0.05) is 35.4 Å². The van der Waals surface area contributed by atoms with Crippen molar-refractivity contribution in [2.45, 2.75) is 19.2 Å². The molecule has 0 nitrogen and oxygen atoms in total. The summed E-state index contributed by atoms with van der Waals surface area (Å²) in [7, 11) is 0. The highest BCUT2D eigenvalue weighted by Gasteiger charge is 2.19. The van der Waals surface area contributed by atoms with E-state index in [9.17, 15) is 8.78 Å². The predicted molar refractivity (Wildman–Crippen MR) is 75.0 cm³/mol. The van der Waals surface area contributed by atoms with Crippen molar-refractivity contribution < 1.29 is 8.78 Å². The van der Waals surface area contributed by atoms with Crippen LogP contribution in [0, 0.1) is 25.5 Å². The molecule has 1 atom stereocenters. The van der Waals surface area contributed by atoms with Crippen LogP contribution in [-0.2, 0) is 0 Å². The second kappa shape index (κ2) is 5.48. The second-order valence-corrected chi connectivity index (χ2v) is 5.35. The van der Waals surface area contributed by atoms with Crippen LogP contribution in [0.3, 0.4) is 0 Å². The van der Waals surface area contributed by atoms with Crippen molar-refractivity contribution in [3.05, 3.63) is 69.2 Å². The zero-order chi connectivity index (χ0) is 14.2. The van der Waals surface area contributed by atoms with Gasteiger partial charge in [0.1, 0.15) is 11.6 Å². The van der Waals surface area contributed by atoms with E-state index in [2.05, 4.69) is 0 Å². The molecule has 0 amide bonds. The summed E-state index contributed by atoms with van der Waals surface area (Å²) < 4.78 is 27.3. The molecule has 19 heavy (non-hydrogen) atoms. The van der Waals surface area contributed by atoms with Crippen molar-refractivity contribution in [3.8, 4) is 0 Å². The van der Waals surface area contributed by atoms with Gasteiger partial charge in [-0.2, -0.15) is 0 Å². The summed E-state index contributed by atoms with van der Waals surface area (Å²) in [6, 6.07) is 7.67. The highest BCUT2D eigenvalue weighted by molar-refractivity contribution is 6.30. The van der Waals surface area contributed by atoms with E-state index in [4.69, 9.17) is 23.2 Å². The lowest BCUT2D eigenvalue weighted by Gasteiger charge is -2.15. The Labute approximate surface area is 121 Å². The molecule has 0 radical (unpaired) electrons. The predicted octanol–water partition coefficient (Wildman–Crippen LogP) is 5.56. The van der Waals surface area contributed by atoms with Gasteiger partial charge in [-0.15, -0.1) is 11.6 Å². The fourth-order valence-electron chi connectivity index (χ4n) is 2.01. The fourth-order valence-corrected chi connectivity index (χ4v) is 2.57. The molecule has 0 aliphatic rings. The quantitative estimate of drug-likeness (QED) is 0.503. The van der Waals surface area contributed by atoms with Gasteiger partial charge >= 0.3 is 0 Å². The number of benzene rings is 2. The standard InChI is InChI=1S/C15H12Cl2F2/c1-8-3-4-10(9(2)5-8)15(17)11-6-14(19)12(16)7-13(11)18/h3-7,15H,1-2H3. The van der Waals surface area contributed by atoms with E-state index in [1.54, 1.807) is 0 Å². The first-order valence-corrected chi connectivity index (χ1v) is 6.57. The molecule has 0 saturated carbocycles. The third-order valence-electron chi connectivity index (χ3n) is 3.01. The maximum atomic E-state index is 13.8. The van der Waals surface area contributed by atoms with Gasteiger partial charge in [0.05, 0.1) is 10.4 Å². The van der Waals surface area contributed by atoms with Crippen LogP contribution in [0.2, 0.25) is 5.02 Å². The number of hydrogen-bond acceptors (Lipinski definition) is 0. The van der Waals surface area contributed by atoms with Crippen molar-refractivity contribution in [1.82, 2.24) is 0 Å². The lowest BCUT2D eigenvalue weighted by Crippen LogP contribution is -2.01. The van der Waals surface area contributed by atoms with Crippen LogP contribution in [-0.4, -0.2) is 0 Å². The lowest BCUT2D eigenvalue weighted by atomic mass is 9.98. The SMILES string of the molecule is Cc1ccc(C(Cl)c2cc(F)c(Cl)cc2F)c(C)c1. The summed E-state index contributed by atoms with van der Waals surface area (Å²) in [5.74, 6) is -1.28. The molecule has 1 unspecified atom stereocenters. The molecule has 0 aromatic heterocycles. The average molecular weight is 301 g/mol. The van der Waals surface area contributed by atoms with Gasteiger partial charge in [0, 0.05) is 5.56 Å². The summed E-state index contributed by atoms with van der Waals surface area (Å²) >= 11 is 11.8. The molecule has 0 N–H and O–H groups in total. The molecule has 0 heterocycles. The van der Waals surface area contributed by atoms with Gasteiger partial charge < -0.3 is 0 Å².